The van der Waals surface area contributed by atoms with Crippen molar-refractivity contribution in [3.8, 4) is 5.75 Å². The lowest BCUT2D eigenvalue weighted by Crippen LogP contribution is -2.10. The molecule has 1 N–H and O–H groups in total. The Hall–Kier alpha value is -2.69. The van der Waals surface area contributed by atoms with Gasteiger partial charge in [-0.1, -0.05) is 30.3 Å². The van der Waals surface area contributed by atoms with Crippen molar-refractivity contribution in [2.75, 3.05) is 6.61 Å². The maximum Gasteiger partial charge on any atom is 0.306 e. The second kappa shape index (κ2) is 8.08. The van der Waals surface area contributed by atoms with Gasteiger partial charge in [0, 0.05) is 18.5 Å². The van der Waals surface area contributed by atoms with E-state index in [2.05, 4.69) is 4.98 Å². The number of ketones is 1. The Kier molecular flexibility index (Phi) is 5.86. The Morgan fingerprint density at radius 3 is 2.52 bits per heavy atom. The van der Waals surface area contributed by atoms with Crippen LogP contribution in [-0.2, 0) is 16.0 Å². The maximum absolute atomic E-state index is 12.1. The summed E-state index contributed by atoms with van der Waals surface area (Å²) >= 11 is 0. The van der Waals surface area contributed by atoms with Crippen molar-refractivity contribution < 1.29 is 19.4 Å². The molecule has 23 heavy (non-hydrogen) atoms. The number of aromatic nitrogens is 1. The summed E-state index contributed by atoms with van der Waals surface area (Å²) in [6, 6.07) is 12.9. The van der Waals surface area contributed by atoms with Gasteiger partial charge < -0.3 is 9.84 Å². The molecular weight excluding hydrogens is 294 g/mol. The van der Waals surface area contributed by atoms with Crippen molar-refractivity contribution in [3.63, 3.8) is 0 Å². The van der Waals surface area contributed by atoms with E-state index in [9.17, 15) is 14.7 Å². The van der Waals surface area contributed by atoms with E-state index in [1.54, 1.807) is 13.0 Å². The molecule has 0 saturated heterocycles. The third-order valence-electron chi connectivity index (χ3n) is 3.29. The van der Waals surface area contributed by atoms with Crippen molar-refractivity contribution in [3.05, 3.63) is 59.4 Å². The Bertz CT molecular complexity index is 683. The van der Waals surface area contributed by atoms with Gasteiger partial charge in [0.1, 0.15) is 11.4 Å². The van der Waals surface area contributed by atoms with Gasteiger partial charge in [0.05, 0.1) is 13.0 Å². The zero-order valence-corrected chi connectivity index (χ0v) is 13.0. The fourth-order valence-electron chi connectivity index (χ4n) is 2.17. The van der Waals surface area contributed by atoms with Crippen LogP contribution in [0.4, 0.5) is 0 Å². The molecule has 5 heteroatoms. The van der Waals surface area contributed by atoms with Crippen LogP contribution in [0, 0.1) is 0 Å². The van der Waals surface area contributed by atoms with Crippen LogP contribution in [0.3, 0.4) is 0 Å². The van der Waals surface area contributed by atoms with E-state index in [4.69, 9.17) is 4.74 Å². The number of pyridine rings is 1. The predicted molar refractivity (Wildman–Crippen MR) is 85.3 cm³/mol. The van der Waals surface area contributed by atoms with Crippen LogP contribution in [0.5, 0.6) is 5.75 Å². The van der Waals surface area contributed by atoms with Crippen molar-refractivity contribution >= 4 is 11.8 Å². The lowest BCUT2D eigenvalue weighted by Gasteiger charge is -2.07. The van der Waals surface area contributed by atoms with E-state index in [-0.39, 0.29) is 36.7 Å². The second-order valence-corrected chi connectivity index (χ2v) is 5.06. The molecule has 0 unspecified atom stereocenters. The largest absolute Gasteiger partial charge is 0.506 e. The number of nitrogens with zero attached hydrogens (tertiary/aromatic N) is 1. The third-order valence-corrected chi connectivity index (χ3v) is 3.29. The molecule has 1 aromatic carbocycles. The first-order chi connectivity index (χ1) is 11.1. The Morgan fingerprint density at radius 2 is 1.83 bits per heavy atom. The first-order valence-corrected chi connectivity index (χ1v) is 7.51. The molecular formula is C18H19NO4. The van der Waals surface area contributed by atoms with E-state index < -0.39 is 5.97 Å². The maximum atomic E-state index is 12.1. The van der Waals surface area contributed by atoms with Gasteiger partial charge in [0.25, 0.3) is 0 Å². The van der Waals surface area contributed by atoms with E-state index in [1.807, 2.05) is 30.3 Å². The lowest BCUT2D eigenvalue weighted by molar-refractivity contribution is -0.143. The number of carbonyl (C=O) groups is 2. The van der Waals surface area contributed by atoms with Gasteiger partial charge in [-0.3, -0.25) is 9.59 Å². The average Bonchev–Trinajstić information content (AvgIpc) is 2.55. The van der Waals surface area contributed by atoms with Crippen molar-refractivity contribution in [1.82, 2.24) is 4.98 Å². The molecule has 5 nitrogen and oxygen atoms in total. The highest BCUT2D eigenvalue weighted by atomic mass is 16.5. The third kappa shape index (κ3) is 4.92. The molecule has 0 aliphatic rings. The topological polar surface area (TPSA) is 76.5 Å². The summed E-state index contributed by atoms with van der Waals surface area (Å²) in [6.07, 6.45) is 0.518. The highest BCUT2D eigenvalue weighted by Crippen LogP contribution is 2.19. The number of Topliss-reactive ketones (excluding diaryl/α,β-unsaturated/α-hetero) is 1. The van der Waals surface area contributed by atoms with Gasteiger partial charge in [-0.2, -0.15) is 0 Å². The molecule has 2 aromatic rings. The zero-order chi connectivity index (χ0) is 16.7. The van der Waals surface area contributed by atoms with Crippen molar-refractivity contribution in [1.29, 1.82) is 0 Å². The molecule has 0 saturated carbocycles. The van der Waals surface area contributed by atoms with E-state index in [0.29, 0.717) is 12.1 Å². The molecule has 0 atom stereocenters. The average molecular weight is 313 g/mol. The quantitative estimate of drug-likeness (QED) is 0.628. The van der Waals surface area contributed by atoms with E-state index >= 15 is 0 Å². The Labute approximate surface area is 134 Å². The van der Waals surface area contributed by atoms with Gasteiger partial charge >= 0.3 is 5.97 Å². The van der Waals surface area contributed by atoms with Crippen molar-refractivity contribution in [2.45, 2.75) is 26.2 Å². The van der Waals surface area contributed by atoms with Gasteiger partial charge in [0.15, 0.2) is 5.78 Å². The van der Waals surface area contributed by atoms with Crippen LogP contribution in [0.1, 0.15) is 41.5 Å². The molecule has 0 radical (unpaired) electrons. The summed E-state index contributed by atoms with van der Waals surface area (Å²) < 4.78 is 4.79. The van der Waals surface area contributed by atoms with Crippen LogP contribution in [-0.4, -0.2) is 28.4 Å². The first kappa shape index (κ1) is 16.7. The lowest BCUT2D eigenvalue weighted by atomic mass is 10.1. The summed E-state index contributed by atoms with van der Waals surface area (Å²) in [6.45, 7) is 1.99. The number of carbonyl (C=O) groups excluding carboxylic acids is 2. The molecule has 120 valence electrons. The summed E-state index contributed by atoms with van der Waals surface area (Å²) in [4.78, 5) is 27.7. The minimum absolute atomic E-state index is 0.00253. The number of benzene rings is 1. The SMILES string of the molecule is CCOC(=O)CCC(=O)c1nc(Cc2ccccc2)ccc1O. The smallest absolute Gasteiger partial charge is 0.306 e. The second-order valence-electron chi connectivity index (χ2n) is 5.06. The van der Waals surface area contributed by atoms with Crippen LogP contribution < -0.4 is 0 Å². The highest BCUT2D eigenvalue weighted by molar-refractivity contribution is 5.98. The first-order valence-electron chi connectivity index (χ1n) is 7.51. The standard InChI is InChI=1S/C18H19NO4/c1-2-23-17(22)11-10-16(21)18-15(20)9-8-14(19-18)12-13-6-4-3-5-7-13/h3-9,20H,2,10-12H2,1H3. The molecule has 1 heterocycles. The van der Waals surface area contributed by atoms with Crippen LogP contribution >= 0.6 is 0 Å². The molecule has 0 fully saturated rings. The summed E-state index contributed by atoms with van der Waals surface area (Å²) in [5.74, 6) is -0.970. The van der Waals surface area contributed by atoms with E-state index in [0.717, 1.165) is 5.56 Å². The molecule has 0 spiro atoms. The normalized spacial score (nSPS) is 10.3. The zero-order valence-electron chi connectivity index (χ0n) is 13.0. The van der Waals surface area contributed by atoms with Gasteiger partial charge in [0.2, 0.25) is 0 Å². The Morgan fingerprint density at radius 1 is 1.09 bits per heavy atom. The number of aromatic hydroxyl groups is 1. The van der Waals surface area contributed by atoms with Gasteiger partial charge in [-0.15, -0.1) is 0 Å². The Balaban J connectivity index is 2.07. The van der Waals surface area contributed by atoms with E-state index in [1.165, 1.54) is 6.07 Å². The molecule has 2 rings (SSSR count). The number of hydrogen-bond donors (Lipinski definition) is 1. The number of rotatable bonds is 7. The van der Waals surface area contributed by atoms with Crippen LogP contribution in [0.25, 0.3) is 0 Å². The fourth-order valence-corrected chi connectivity index (χ4v) is 2.17. The van der Waals surface area contributed by atoms with Crippen LogP contribution in [0.2, 0.25) is 0 Å². The number of ether oxygens (including phenoxy) is 1. The minimum Gasteiger partial charge on any atom is -0.506 e. The number of esters is 1. The highest BCUT2D eigenvalue weighted by Gasteiger charge is 2.16. The molecule has 0 aliphatic heterocycles. The summed E-state index contributed by atoms with van der Waals surface area (Å²) in [5.41, 5.74) is 1.76. The summed E-state index contributed by atoms with van der Waals surface area (Å²) in [5, 5.41) is 9.84. The minimum atomic E-state index is -0.430. The van der Waals surface area contributed by atoms with Crippen LogP contribution in [0.15, 0.2) is 42.5 Å². The predicted octanol–water partition coefficient (Wildman–Crippen LogP) is 2.90. The van der Waals surface area contributed by atoms with Crippen molar-refractivity contribution in [2.24, 2.45) is 0 Å². The molecule has 0 bridgehead atoms. The molecule has 1 aromatic heterocycles. The molecule has 0 amide bonds. The monoisotopic (exact) mass is 313 g/mol. The van der Waals surface area contributed by atoms with Gasteiger partial charge in [-0.05, 0) is 24.6 Å². The summed E-state index contributed by atoms with van der Waals surface area (Å²) in [7, 11) is 0. The van der Waals surface area contributed by atoms with Gasteiger partial charge in [-0.25, -0.2) is 4.98 Å². The fraction of sp³-hybridized carbons (Fsp3) is 0.278. The molecule has 0 aliphatic carbocycles. The number of hydrogen-bond acceptors (Lipinski definition) is 5.